The van der Waals surface area contributed by atoms with Crippen LogP contribution in [0.5, 0.6) is 0 Å². The van der Waals surface area contributed by atoms with Crippen LogP contribution in [0.25, 0.3) is 0 Å². The van der Waals surface area contributed by atoms with Gasteiger partial charge in [0.15, 0.2) is 0 Å². The number of nitrogens with one attached hydrogen (secondary N) is 3. The number of ether oxygens (including phenoxy) is 2. The molecule has 3 aromatic carbocycles. The molecule has 0 bridgehead atoms. The van der Waals surface area contributed by atoms with Crippen LogP contribution in [0.3, 0.4) is 0 Å². The Morgan fingerprint density at radius 3 is 1.76 bits per heavy atom. The lowest BCUT2D eigenvalue weighted by Gasteiger charge is -2.27. The van der Waals surface area contributed by atoms with Gasteiger partial charge in [0.1, 0.15) is 48.1 Å². The van der Waals surface area contributed by atoms with Crippen LogP contribution in [0.2, 0.25) is 0 Å². The Kier molecular flexibility index (Phi) is 19.8. The first kappa shape index (κ1) is 42.7. The largest absolute Gasteiger partial charge is 1.00 e. The molecule has 0 heterocycles. The zero-order valence-corrected chi connectivity index (χ0v) is 32.2. The third-order valence-electron chi connectivity index (χ3n) is 7.25. The summed E-state index contributed by atoms with van der Waals surface area (Å²) < 4.78 is 9.74. The summed E-state index contributed by atoms with van der Waals surface area (Å²) in [5, 5.41) is 11.7. The molecule has 0 aliphatic heterocycles. The lowest BCUT2D eigenvalue weighted by molar-refractivity contribution is -0.145. The van der Waals surface area contributed by atoms with E-state index in [2.05, 4.69) is 52.3 Å². The van der Waals surface area contributed by atoms with Gasteiger partial charge in [-0.3, -0.25) is 24.0 Å². The predicted octanol–water partition coefficient (Wildman–Crippen LogP) is -0.726. The predicted molar refractivity (Wildman–Crippen MR) is 198 cm³/mol. The second-order valence-electron chi connectivity index (χ2n) is 10.7. The van der Waals surface area contributed by atoms with Gasteiger partial charge in [0.2, 0.25) is 17.7 Å². The molecule has 0 spiro atoms. The third-order valence-corrected chi connectivity index (χ3v) is 13.7. The maximum Gasteiger partial charge on any atom is 0.325 e. The maximum atomic E-state index is 13.3. The minimum Gasteiger partial charge on any atom is -1.00 e. The summed E-state index contributed by atoms with van der Waals surface area (Å²) >= 11 is 0. The van der Waals surface area contributed by atoms with Gasteiger partial charge in [0.05, 0.1) is 19.0 Å². The van der Waals surface area contributed by atoms with Gasteiger partial charge in [-0.25, -0.2) is 0 Å². The van der Waals surface area contributed by atoms with Crippen LogP contribution in [0.1, 0.15) is 26.7 Å². The van der Waals surface area contributed by atoms with Gasteiger partial charge in [-0.05, 0) is 56.7 Å². The molecule has 0 aromatic heterocycles. The van der Waals surface area contributed by atoms with Gasteiger partial charge < -0.3 is 48.1 Å². The average molecular weight is 808 g/mol. The molecule has 3 aromatic rings. The standard InChI is InChI=1S/C35H43N4O7PS2.BrH/c1-3-45-33(42)22-37-34(43)30(39-31(40)21-20-29(36)35(44)46-4-2)23-48-49-24-32(41)38-25-47(26-14-8-5-9-15-26,27-16-10-6-11-17-27)28-18-12-7-13-19-28;/h5-19,29-30H,3-4,20-25,36H2,1-2H3,(H2-,37,38,39,40,41,43);1H. The number of carbonyl (C=O) groups excluding carboxylic acids is 5. The molecule has 2 unspecified atom stereocenters. The fourth-order valence-corrected chi connectivity index (χ4v) is 10.8. The number of amides is 3. The van der Waals surface area contributed by atoms with Crippen LogP contribution in [0.4, 0.5) is 0 Å². The highest BCUT2D eigenvalue weighted by molar-refractivity contribution is 8.76. The summed E-state index contributed by atoms with van der Waals surface area (Å²) in [6.45, 7) is 3.28. The molecule has 3 rings (SSSR count). The fraction of sp³-hybridized carbons (Fsp3) is 0.343. The molecule has 0 radical (unpaired) electrons. The summed E-state index contributed by atoms with van der Waals surface area (Å²) in [7, 11) is 0.222. The van der Waals surface area contributed by atoms with E-state index in [1.54, 1.807) is 13.8 Å². The molecule has 270 valence electrons. The Morgan fingerprint density at radius 1 is 0.740 bits per heavy atom. The van der Waals surface area contributed by atoms with Crippen molar-refractivity contribution in [2.24, 2.45) is 5.73 Å². The van der Waals surface area contributed by atoms with Crippen molar-refractivity contribution >= 4 is 74.4 Å². The fourth-order valence-electron chi connectivity index (χ4n) is 4.84. The summed E-state index contributed by atoms with van der Waals surface area (Å²) in [4.78, 5) is 62.5. The smallest absolute Gasteiger partial charge is 0.325 e. The van der Waals surface area contributed by atoms with Crippen molar-refractivity contribution in [1.82, 2.24) is 16.0 Å². The van der Waals surface area contributed by atoms with E-state index >= 15 is 0 Å². The molecule has 5 N–H and O–H groups in total. The monoisotopic (exact) mass is 806 g/mol. The molecule has 0 aliphatic carbocycles. The number of carbonyl (C=O) groups is 5. The van der Waals surface area contributed by atoms with Crippen LogP contribution in [0.15, 0.2) is 91.0 Å². The topological polar surface area (TPSA) is 166 Å². The molecular formula is C35H44BrN4O7PS2. The van der Waals surface area contributed by atoms with Gasteiger partial charge in [-0.2, -0.15) is 0 Å². The number of hydrogen-bond donors (Lipinski definition) is 4. The van der Waals surface area contributed by atoms with Crippen molar-refractivity contribution < 1.29 is 50.4 Å². The molecule has 50 heavy (non-hydrogen) atoms. The zero-order chi connectivity index (χ0) is 35.5. The average Bonchev–Trinajstić information content (AvgIpc) is 3.12. The van der Waals surface area contributed by atoms with Crippen molar-refractivity contribution in [3.63, 3.8) is 0 Å². The zero-order valence-electron chi connectivity index (χ0n) is 28.0. The Labute approximate surface area is 312 Å². The number of rotatable bonds is 20. The summed E-state index contributed by atoms with van der Waals surface area (Å²) in [6, 6.07) is 28.7. The molecule has 11 nitrogen and oxygen atoms in total. The van der Waals surface area contributed by atoms with Gasteiger partial charge in [-0.15, -0.1) is 0 Å². The van der Waals surface area contributed by atoms with Crippen LogP contribution < -0.4 is 54.6 Å². The van der Waals surface area contributed by atoms with Crippen LogP contribution in [-0.2, 0) is 33.4 Å². The molecule has 15 heteroatoms. The van der Waals surface area contributed by atoms with Crippen LogP contribution in [-0.4, -0.2) is 79.3 Å². The number of halogens is 1. The van der Waals surface area contributed by atoms with E-state index in [1.807, 2.05) is 54.6 Å². The van der Waals surface area contributed by atoms with E-state index in [0.717, 1.165) is 15.9 Å². The van der Waals surface area contributed by atoms with Crippen molar-refractivity contribution in [3.05, 3.63) is 91.0 Å². The highest BCUT2D eigenvalue weighted by atomic mass is 79.9. The summed E-state index contributed by atoms with van der Waals surface area (Å²) in [5.74, 6) is -2.27. The highest BCUT2D eigenvalue weighted by Gasteiger charge is 2.45. The maximum absolute atomic E-state index is 13.3. The minimum absolute atomic E-state index is 0. The van der Waals surface area contributed by atoms with Gasteiger partial charge in [-0.1, -0.05) is 76.2 Å². The first-order chi connectivity index (χ1) is 23.7. The third kappa shape index (κ3) is 13.4. The van der Waals surface area contributed by atoms with E-state index in [-0.39, 0.29) is 67.0 Å². The van der Waals surface area contributed by atoms with E-state index in [1.165, 1.54) is 21.6 Å². The van der Waals surface area contributed by atoms with E-state index < -0.39 is 43.1 Å². The summed E-state index contributed by atoms with van der Waals surface area (Å²) in [6.07, 6.45) is 0.331. The first-order valence-electron chi connectivity index (χ1n) is 15.9. The quantitative estimate of drug-likeness (QED) is 0.0496. The van der Waals surface area contributed by atoms with Crippen LogP contribution >= 0.6 is 28.9 Å². The SMILES string of the molecule is CCOC(=O)CNC(=O)C(CSSCC(=O)NC[P+](c1ccccc1)(c1ccccc1)c1ccccc1)NC(=O)CCC(N)C(=O)OCC.[Br-]. The van der Waals surface area contributed by atoms with Gasteiger partial charge in [0, 0.05) is 12.2 Å². The Balaban J connectivity index is 0.00000867. The van der Waals surface area contributed by atoms with Crippen molar-refractivity contribution in [1.29, 1.82) is 0 Å². The van der Waals surface area contributed by atoms with Crippen molar-refractivity contribution in [2.75, 3.05) is 37.6 Å². The van der Waals surface area contributed by atoms with E-state index in [0.29, 0.717) is 6.29 Å². The van der Waals surface area contributed by atoms with Gasteiger partial charge >= 0.3 is 11.9 Å². The summed E-state index contributed by atoms with van der Waals surface area (Å²) in [5.41, 5.74) is 5.80. The normalized spacial score (nSPS) is 12.0. The van der Waals surface area contributed by atoms with Crippen LogP contribution in [0, 0.1) is 0 Å². The molecule has 0 saturated carbocycles. The Hall–Kier alpha value is -3.42. The molecule has 0 saturated heterocycles. The molecular weight excluding hydrogens is 763 g/mol. The Bertz CT molecular complexity index is 1410. The lowest BCUT2D eigenvalue weighted by Crippen LogP contribution is -3.00. The first-order valence-corrected chi connectivity index (χ1v) is 20.4. The van der Waals surface area contributed by atoms with E-state index in [4.69, 9.17) is 15.2 Å². The minimum atomic E-state index is -2.26. The van der Waals surface area contributed by atoms with Gasteiger partial charge in [0.25, 0.3) is 0 Å². The Morgan fingerprint density at radius 2 is 1.26 bits per heavy atom. The second kappa shape index (κ2) is 23.1. The number of benzene rings is 3. The van der Waals surface area contributed by atoms with E-state index in [9.17, 15) is 24.0 Å². The molecule has 2 atom stereocenters. The molecule has 3 amide bonds. The molecule has 0 fully saturated rings. The number of hydrogen-bond acceptors (Lipinski definition) is 10. The number of esters is 2. The number of nitrogens with two attached hydrogens (primary N) is 1. The van der Waals surface area contributed by atoms with Crippen molar-refractivity contribution in [2.45, 2.75) is 38.8 Å². The van der Waals surface area contributed by atoms with Crippen molar-refractivity contribution in [3.8, 4) is 0 Å². The molecule has 0 aliphatic rings. The lowest BCUT2D eigenvalue weighted by atomic mass is 10.1. The second-order valence-corrected chi connectivity index (χ2v) is 16.7. The highest BCUT2D eigenvalue weighted by Crippen LogP contribution is 2.54.